The van der Waals surface area contributed by atoms with Gasteiger partial charge in [0.05, 0.1) is 20.8 Å². The highest BCUT2D eigenvalue weighted by atomic mass is 16.5. The largest absolute Gasteiger partial charge is 0.493 e. The highest BCUT2D eigenvalue weighted by molar-refractivity contribution is 5.79. The summed E-state index contributed by atoms with van der Waals surface area (Å²) in [5.41, 5.74) is 1.09. The maximum Gasteiger partial charge on any atom is 0.191 e. The van der Waals surface area contributed by atoms with Crippen LogP contribution in [0.2, 0.25) is 0 Å². The van der Waals surface area contributed by atoms with E-state index in [1.807, 2.05) is 18.2 Å². The maximum absolute atomic E-state index is 5.36. The van der Waals surface area contributed by atoms with Crippen molar-refractivity contribution in [3.05, 3.63) is 23.8 Å². The maximum atomic E-state index is 5.36. The van der Waals surface area contributed by atoms with Gasteiger partial charge < -0.3 is 20.1 Å². The minimum Gasteiger partial charge on any atom is -0.493 e. The minimum atomic E-state index is 0.593. The van der Waals surface area contributed by atoms with Gasteiger partial charge in [0.1, 0.15) is 0 Å². The molecule has 0 aromatic heterocycles. The SMILES string of the molecule is CCNC(=NCc1ccc(OC)c(OC)c1)NCCN1CCCCC1C. The summed E-state index contributed by atoms with van der Waals surface area (Å²) in [4.78, 5) is 7.26. The second-order valence-corrected chi connectivity index (χ2v) is 6.69. The number of hydrogen-bond acceptors (Lipinski definition) is 4. The van der Waals surface area contributed by atoms with Gasteiger partial charge >= 0.3 is 0 Å². The van der Waals surface area contributed by atoms with E-state index in [2.05, 4.69) is 29.4 Å². The highest BCUT2D eigenvalue weighted by Crippen LogP contribution is 2.27. The van der Waals surface area contributed by atoms with Gasteiger partial charge in [0.2, 0.25) is 0 Å². The van der Waals surface area contributed by atoms with E-state index in [1.54, 1.807) is 14.2 Å². The molecule has 1 saturated heterocycles. The third-order valence-electron chi connectivity index (χ3n) is 4.84. The quantitative estimate of drug-likeness (QED) is 0.550. The lowest BCUT2D eigenvalue weighted by Gasteiger charge is -2.33. The molecule has 0 saturated carbocycles. The molecule has 146 valence electrons. The summed E-state index contributed by atoms with van der Waals surface area (Å²) < 4.78 is 10.6. The highest BCUT2D eigenvalue weighted by Gasteiger charge is 2.17. The molecule has 1 unspecified atom stereocenters. The van der Waals surface area contributed by atoms with E-state index in [4.69, 9.17) is 14.5 Å². The number of aliphatic imine (C=N–C) groups is 1. The Balaban J connectivity index is 1.89. The third kappa shape index (κ3) is 6.09. The van der Waals surface area contributed by atoms with E-state index >= 15 is 0 Å². The second kappa shape index (κ2) is 10.9. The molecule has 0 aliphatic carbocycles. The predicted octanol–water partition coefficient (Wildman–Crippen LogP) is 2.63. The standard InChI is InChI=1S/C20H34N4O2/c1-5-21-20(22-11-13-24-12-7-6-8-16(24)2)23-15-17-9-10-18(25-3)19(14-17)26-4/h9-10,14,16H,5-8,11-13,15H2,1-4H3,(H2,21,22,23). The Kier molecular flexibility index (Phi) is 8.54. The van der Waals surface area contributed by atoms with Crippen molar-refractivity contribution in [1.29, 1.82) is 0 Å². The fourth-order valence-corrected chi connectivity index (χ4v) is 3.30. The van der Waals surface area contributed by atoms with E-state index in [0.717, 1.165) is 42.7 Å². The van der Waals surface area contributed by atoms with Crippen LogP contribution in [0, 0.1) is 0 Å². The van der Waals surface area contributed by atoms with E-state index in [0.29, 0.717) is 12.6 Å². The van der Waals surface area contributed by atoms with Gasteiger partial charge in [-0.2, -0.15) is 0 Å². The lowest BCUT2D eigenvalue weighted by molar-refractivity contribution is 0.163. The van der Waals surface area contributed by atoms with Gasteiger partial charge in [-0.1, -0.05) is 12.5 Å². The van der Waals surface area contributed by atoms with Crippen LogP contribution in [0.4, 0.5) is 0 Å². The van der Waals surface area contributed by atoms with Crippen LogP contribution in [-0.2, 0) is 6.54 Å². The molecule has 1 atom stereocenters. The minimum absolute atomic E-state index is 0.593. The van der Waals surface area contributed by atoms with Gasteiger partial charge in [0, 0.05) is 25.7 Å². The van der Waals surface area contributed by atoms with Gasteiger partial charge in [0.15, 0.2) is 17.5 Å². The summed E-state index contributed by atoms with van der Waals surface area (Å²) in [5, 5.41) is 6.77. The number of methoxy groups -OCH3 is 2. The first-order valence-electron chi connectivity index (χ1n) is 9.65. The van der Waals surface area contributed by atoms with Crippen LogP contribution in [0.25, 0.3) is 0 Å². The molecule has 1 aliphatic heterocycles. The van der Waals surface area contributed by atoms with Crippen LogP contribution in [0.3, 0.4) is 0 Å². The molecule has 26 heavy (non-hydrogen) atoms. The van der Waals surface area contributed by atoms with Crippen LogP contribution in [0.1, 0.15) is 38.7 Å². The summed E-state index contributed by atoms with van der Waals surface area (Å²) >= 11 is 0. The number of benzene rings is 1. The Labute approximate surface area is 158 Å². The van der Waals surface area contributed by atoms with Gasteiger partial charge in [-0.25, -0.2) is 4.99 Å². The summed E-state index contributed by atoms with van der Waals surface area (Å²) in [7, 11) is 3.30. The van der Waals surface area contributed by atoms with E-state index < -0.39 is 0 Å². The number of rotatable bonds is 8. The topological polar surface area (TPSA) is 58.1 Å². The Bertz CT molecular complexity index is 577. The Morgan fingerprint density at radius 3 is 2.69 bits per heavy atom. The lowest BCUT2D eigenvalue weighted by Crippen LogP contribution is -2.45. The normalized spacial score (nSPS) is 18.5. The van der Waals surface area contributed by atoms with Crippen molar-refractivity contribution in [2.24, 2.45) is 4.99 Å². The molecular weight excluding hydrogens is 328 g/mol. The third-order valence-corrected chi connectivity index (χ3v) is 4.84. The number of hydrogen-bond donors (Lipinski definition) is 2. The Morgan fingerprint density at radius 1 is 1.19 bits per heavy atom. The van der Waals surface area contributed by atoms with Gasteiger partial charge in [-0.15, -0.1) is 0 Å². The van der Waals surface area contributed by atoms with Crippen molar-refractivity contribution in [2.75, 3.05) is 40.4 Å². The first-order valence-corrected chi connectivity index (χ1v) is 9.65. The molecule has 1 aromatic carbocycles. The zero-order valence-electron chi connectivity index (χ0n) is 16.7. The van der Waals surface area contributed by atoms with Crippen LogP contribution in [-0.4, -0.2) is 57.3 Å². The van der Waals surface area contributed by atoms with Crippen LogP contribution >= 0.6 is 0 Å². The average molecular weight is 363 g/mol. The zero-order chi connectivity index (χ0) is 18.8. The van der Waals surface area contributed by atoms with Crippen LogP contribution in [0.5, 0.6) is 11.5 Å². The molecule has 0 amide bonds. The van der Waals surface area contributed by atoms with E-state index in [-0.39, 0.29) is 0 Å². The predicted molar refractivity (Wildman–Crippen MR) is 107 cm³/mol. The molecule has 2 N–H and O–H groups in total. The number of nitrogens with one attached hydrogen (secondary N) is 2. The van der Waals surface area contributed by atoms with Crippen LogP contribution in [0.15, 0.2) is 23.2 Å². The molecule has 1 aromatic rings. The first-order chi connectivity index (χ1) is 12.7. The number of likely N-dealkylation sites (tertiary alicyclic amines) is 1. The summed E-state index contributed by atoms with van der Waals surface area (Å²) in [6, 6.07) is 6.60. The zero-order valence-corrected chi connectivity index (χ0v) is 16.7. The summed E-state index contributed by atoms with van der Waals surface area (Å²) in [6.07, 6.45) is 3.99. The van der Waals surface area contributed by atoms with Gasteiger partial charge in [-0.05, 0) is 50.9 Å². The van der Waals surface area contributed by atoms with Crippen molar-refractivity contribution in [3.8, 4) is 11.5 Å². The van der Waals surface area contributed by atoms with Gasteiger partial charge in [0.25, 0.3) is 0 Å². The number of ether oxygens (including phenoxy) is 2. The Hall–Kier alpha value is -1.95. The van der Waals surface area contributed by atoms with Crippen molar-refractivity contribution in [2.45, 2.75) is 45.7 Å². The van der Waals surface area contributed by atoms with Crippen molar-refractivity contribution < 1.29 is 9.47 Å². The van der Waals surface area contributed by atoms with Crippen molar-refractivity contribution >= 4 is 5.96 Å². The number of piperidine rings is 1. The second-order valence-electron chi connectivity index (χ2n) is 6.69. The van der Waals surface area contributed by atoms with E-state index in [9.17, 15) is 0 Å². The molecule has 2 rings (SSSR count). The smallest absolute Gasteiger partial charge is 0.191 e. The molecule has 6 nitrogen and oxygen atoms in total. The number of nitrogens with zero attached hydrogens (tertiary/aromatic N) is 2. The van der Waals surface area contributed by atoms with Crippen molar-refractivity contribution in [1.82, 2.24) is 15.5 Å². The molecule has 0 radical (unpaired) electrons. The summed E-state index contributed by atoms with van der Waals surface area (Å²) in [6.45, 7) is 9.02. The Morgan fingerprint density at radius 2 is 2.00 bits per heavy atom. The number of guanidine groups is 1. The molecule has 1 fully saturated rings. The molecular formula is C20H34N4O2. The first kappa shape index (κ1) is 20.4. The van der Waals surface area contributed by atoms with E-state index in [1.165, 1.54) is 25.8 Å². The molecule has 0 spiro atoms. The molecule has 1 aliphatic rings. The van der Waals surface area contributed by atoms with Gasteiger partial charge in [-0.3, -0.25) is 4.90 Å². The lowest BCUT2D eigenvalue weighted by atomic mass is 10.0. The monoisotopic (exact) mass is 362 g/mol. The average Bonchev–Trinajstić information content (AvgIpc) is 2.67. The fourth-order valence-electron chi connectivity index (χ4n) is 3.30. The molecule has 0 bridgehead atoms. The fraction of sp³-hybridized carbons (Fsp3) is 0.650. The summed E-state index contributed by atoms with van der Waals surface area (Å²) in [5.74, 6) is 2.32. The van der Waals surface area contributed by atoms with Crippen molar-refractivity contribution in [3.63, 3.8) is 0 Å². The molecule has 1 heterocycles. The molecule has 6 heteroatoms. The van der Waals surface area contributed by atoms with Crippen LogP contribution < -0.4 is 20.1 Å².